The van der Waals surface area contributed by atoms with Crippen LogP contribution in [0.3, 0.4) is 0 Å². The molecule has 2 rings (SSSR count). The number of ether oxygens (including phenoxy) is 4. The van der Waals surface area contributed by atoms with Crippen molar-refractivity contribution in [2.24, 2.45) is 10.7 Å². The molecule has 0 aliphatic carbocycles. The first-order chi connectivity index (χ1) is 14.3. The monoisotopic (exact) mass is 555 g/mol. The van der Waals surface area contributed by atoms with Crippen molar-refractivity contribution < 1.29 is 32.1 Å². The van der Waals surface area contributed by atoms with E-state index in [1.54, 1.807) is 38.5 Å². The average Bonchev–Trinajstić information content (AvgIpc) is 2.74. The molecule has 0 fully saturated rings. The Morgan fingerprint density at radius 2 is 1.45 bits per heavy atom. The van der Waals surface area contributed by atoms with E-state index in [0.717, 1.165) is 11.1 Å². The van der Waals surface area contributed by atoms with E-state index in [0.29, 0.717) is 24.6 Å². The second kappa shape index (κ2) is 12.3. The highest BCUT2D eigenvalue weighted by molar-refractivity contribution is 14.0. The minimum absolute atomic E-state index is 0. The number of hydrogen-bond acceptors (Lipinski definition) is 5. The Balaban J connectivity index is 0.00000480. The zero-order valence-corrected chi connectivity index (χ0v) is 19.6. The standard InChI is InChI=1S/C20H24F3N3O4.HI/c1-27-15-6-4-13(8-17(15)28-2)10-25-19(24)26-11-14-5-7-16(18(9-14)29-3)30-12-20(21,22)23;/h4-9H,10-12H2,1-3H3,(H3,24,25,26);1H. The minimum Gasteiger partial charge on any atom is -0.493 e. The molecule has 2 aromatic rings. The largest absolute Gasteiger partial charge is 0.493 e. The van der Waals surface area contributed by atoms with Crippen LogP contribution in [0.5, 0.6) is 23.0 Å². The van der Waals surface area contributed by atoms with Crippen LogP contribution in [0.25, 0.3) is 0 Å². The van der Waals surface area contributed by atoms with Crippen molar-refractivity contribution in [2.75, 3.05) is 27.9 Å². The third-order valence-corrected chi connectivity index (χ3v) is 3.97. The third-order valence-electron chi connectivity index (χ3n) is 3.97. The Labute approximate surface area is 195 Å². The smallest absolute Gasteiger partial charge is 0.422 e. The summed E-state index contributed by atoms with van der Waals surface area (Å²) in [6, 6.07) is 10.0. The maximum Gasteiger partial charge on any atom is 0.422 e. The van der Waals surface area contributed by atoms with Gasteiger partial charge in [-0.1, -0.05) is 12.1 Å². The van der Waals surface area contributed by atoms with Crippen LogP contribution >= 0.6 is 24.0 Å². The van der Waals surface area contributed by atoms with E-state index in [-0.39, 0.29) is 41.4 Å². The topological polar surface area (TPSA) is 87.3 Å². The van der Waals surface area contributed by atoms with Gasteiger partial charge in [0.05, 0.1) is 27.9 Å². The lowest BCUT2D eigenvalue weighted by molar-refractivity contribution is -0.153. The summed E-state index contributed by atoms with van der Waals surface area (Å²) >= 11 is 0. The molecular formula is C20H25F3IN3O4. The zero-order chi connectivity index (χ0) is 22.1. The second-order valence-electron chi connectivity index (χ2n) is 6.13. The number of nitrogens with one attached hydrogen (secondary N) is 1. The number of nitrogens with zero attached hydrogens (tertiary/aromatic N) is 1. The van der Waals surface area contributed by atoms with Crippen molar-refractivity contribution in [3.05, 3.63) is 47.5 Å². The number of benzene rings is 2. The first-order valence-electron chi connectivity index (χ1n) is 8.87. The zero-order valence-electron chi connectivity index (χ0n) is 17.3. The maximum atomic E-state index is 12.3. The van der Waals surface area contributed by atoms with Crippen LogP contribution in [-0.2, 0) is 13.1 Å². The molecule has 0 aliphatic heterocycles. The van der Waals surface area contributed by atoms with Crippen LogP contribution in [0.1, 0.15) is 11.1 Å². The Morgan fingerprint density at radius 3 is 2.06 bits per heavy atom. The Kier molecular flexibility index (Phi) is 10.5. The highest BCUT2D eigenvalue weighted by Crippen LogP contribution is 2.30. The molecule has 7 nitrogen and oxygen atoms in total. The average molecular weight is 555 g/mol. The molecule has 11 heteroatoms. The number of aliphatic imine (C=N–C) groups is 1. The van der Waals surface area contributed by atoms with E-state index in [1.807, 2.05) is 6.07 Å². The molecule has 0 aromatic heterocycles. The molecule has 31 heavy (non-hydrogen) atoms. The predicted octanol–water partition coefficient (Wildman–Crippen LogP) is 3.88. The lowest BCUT2D eigenvalue weighted by Crippen LogP contribution is -2.31. The molecule has 2 aromatic carbocycles. The summed E-state index contributed by atoms with van der Waals surface area (Å²) in [5.41, 5.74) is 7.51. The van der Waals surface area contributed by atoms with Gasteiger partial charge >= 0.3 is 6.18 Å². The molecule has 0 aliphatic rings. The number of rotatable bonds is 9. The van der Waals surface area contributed by atoms with E-state index >= 15 is 0 Å². The summed E-state index contributed by atoms with van der Waals surface area (Å²) in [6.07, 6.45) is -4.43. The minimum atomic E-state index is -4.43. The van der Waals surface area contributed by atoms with Crippen LogP contribution in [0.15, 0.2) is 41.4 Å². The van der Waals surface area contributed by atoms with E-state index < -0.39 is 12.8 Å². The molecule has 0 atom stereocenters. The van der Waals surface area contributed by atoms with Gasteiger partial charge in [0, 0.05) is 6.54 Å². The number of nitrogens with two attached hydrogens (primary N) is 1. The van der Waals surface area contributed by atoms with Gasteiger partial charge in [0.1, 0.15) is 0 Å². The van der Waals surface area contributed by atoms with Crippen molar-refractivity contribution in [2.45, 2.75) is 19.3 Å². The summed E-state index contributed by atoms with van der Waals surface area (Å²) in [6.45, 7) is -0.763. The van der Waals surface area contributed by atoms with Crippen molar-refractivity contribution in [1.82, 2.24) is 5.32 Å². The van der Waals surface area contributed by atoms with Crippen molar-refractivity contribution in [3.8, 4) is 23.0 Å². The molecular weight excluding hydrogens is 530 g/mol. The number of hydrogen-bond donors (Lipinski definition) is 2. The van der Waals surface area contributed by atoms with Crippen molar-refractivity contribution in [3.63, 3.8) is 0 Å². The summed E-state index contributed by atoms with van der Waals surface area (Å²) in [4.78, 5) is 4.26. The molecule has 0 saturated carbocycles. The summed E-state index contributed by atoms with van der Waals surface area (Å²) < 4.78 is 57.3. The fraction of sp³-hybridized carbons (Fsp3) is 0.350. The predicted molar refractivity (Wildman–Crippen MR) is 122 cm³/mol. The number of halogens is 4. The quantitative estimate of drug-likeness (QED) is 0.278. The van der Waals surface area contributed by atoms with Gasteiger partial charge in [0.2, 0.25) is 0 Å². The maximum absolute atomic E-state index is 12.3. The molecule has 0 radical (unpaired) electrons. The summed E-state index contributed by atoms with van der Waals surface area (Å²) in [7, 11) is 4.46. The first kappa shape index (κ1) is 26.5. The van der Waals surface area contributed by atoms with Crippen LogP contribution in [0.2, 0.25) is 0 Å². The van der Waals surface area contributed by atoms with Gasteiger partial charge in [-0.15, -0.1) is 24.0 Å². The molecule has 172 valence electrons. The number of methoxy groups -OCH3 is 3. The summed E-state index contributed by atoms with van der Waals surface area (Å²) in [5.74, 6) is 1.62. The van der Waals surface area contributed by atoms with Gasteiger partial charge in [-0.3, -0.25) is 0 Å². The van der Waals surface area contributed by atoms with Gasteiger partial charge in [-0.2, -0.15) is 13.2 Å². The van der Waals surface area contributed by atoms with Gasteiger partial charge in [0.25, 0.3) is 0 Å². The van der Waals surface area contributed by atoms with Crippen LogP contribution in [0, 0.1) is 0 Å². The van der Waals surface area contributed by atoms with E-state index in [2.05, 4.69) is 10.3 Å². The highest BCUT2D eigenvalue weighted by atomic mass is 127. The molecule has 0 bridgehead atoms. The fourth-order valence-electron chi connectivity index (χ4n) is 2.50. The number of alkyl halides is 3. The lowest BCUT2D eigenvalue weighted by Gasteiger charge is -2.14. The Bertz CT molecular complexity index is 879. The van der Waals surface area contributed by atoms with Crippen LogP contribution in [-0.4, -0.2) is 40.1 Å². The second-order valence-corrected chi connectivity index (χ2v) is 6.13. The fourth-order valence-corrected chi connectivity index (χ4v) is 2.50. The molecule has 0 heterocycles. The van der Waals surface area contributed by atoms with Gasteiger partial charge < -0.3 is 30.0 Å². The SMILES string of the molecule is COc1ccc(CN=C(N)NCc2ccc(OCC(F)(F)F)c(OC)c2)cc1OC.I. The van der Waals surface area contributed by atoms with E-state index in [1.165, 1.54) is 13.2 Å². The molecule has 0 unspecified atom stereocenters. The van der Waals surface area contributed by atoms with Crippen molar-refractivity contribution >= 4 is 29.9 Å². The number of guanidine groups is 1. The van der Waals surface area contributed by atoms with Crippen LogP contribution < -0.4 is 30.0 Å². The van der Waals surface area contributed by atoms with Gasteiger partial charge in [-0.05, 0) is 35.4 Å². The molecule has 0 spiro atoms. The molecule has 3 N–H and O–H groups in total. The molecule has 0 amide bonds. The highest BCUT2D eigenvalue weighted by Gasteiger charge is 2.29. The first-order valence-corrected chi connectivity index (χ1v) is 8.87. The van der Waals surface area contributed by atoms with Crippen LogP contribution in [0.4, 0.5) is 13.2 Å². The van der Waals surface area contributed by atoms with Gasteiger partial charge in [0.15, 0.2) is 35.6 Å². The molecule has 0 saturated heterocycles. The van der Waals surface area contributed by atoms with Gasteiger partial charge in [-0.25, -0.2) is 4.99 Å². The van der Waals surface area contributed by atoms with Crippen molar-refractivity contribution in [1.29, 1.82) is 0 Å². The summed E-state index contributed by atoms with van der Waals surface area (Å²) in [5, 5.41) is 2.94. The van der Waals surface area contributed by atoms with E-state index in [9.17, 15) is 13.2 Å². The lowest BCUT2D eigenvalue weighted by atomic mass is 10.2. The normalized spacial score (nSPS) is 11.4. The Morgan fingerprint density at radius 1 is 0.903 bits per heavy atom. The third kappa shape index (κ3) is 8.59. The van der Waals surface area contributed by atoms with E-state index in [4.69, 9.17) is 24.7 Å². The Hall–Kier alpha value is -2.57.